The Labute approximate surface area is 106 Å². The normalized spacial score (nSPS) is 11.5. The number of nitrogens with one attached hydrogen (secondary N) is 1. The molecule has 0 aromatic heterocycles. The third kappa shape index (κ3) is 3.24. The summed E-state index contributed by atoms with van der Waals surface area (Å²) in [6, 6.07) is 1.59. The number of benzene rings is 1. The molecule has 0 aliphatic carbocycles. The van der Waals surface area contributed by atoms with Gasteiger partial charge < -0.3 is 5.73 Å². The second kappa shape index (κ2) is 5.11. The third-order valence-electron chi connectivity index (χ3n) is 1.83. The Morgan fingerprint density at radius 2 is 2.06 bits per heavy atom. The number of hydrogen-bond acceptors (Lipinski definition) is 3. The van der Waals surface area contributed by atoms with Crippen LogP contribution in [-0.4, -0.2) is 15.0 Å². The third-order valence-corrected chi connectivity index (χ3v) is 3.53. The molecule has 17 heavy (non-hydrogen) atoms. The first kappa shape index (κ1) is 14.1. The molecule has 0 amide bonds. The van der Waals surface area contributed by atoms with Crippen LogP contribution in [0.2, 0.25) is 0 Å². The SMILES string of the molecule is C=C(Br)CNS(=O)(=O)c1ccc(F)c(N)c1F. The summed E-state index contributed by atoms with van der Waals surface area (Å²) in [6.07, 6.45) is 0. The fraction of sp³-hybridized carbons (Fsp3) is 0.111. The van der Waals surface area contributed by atoms with Gasteiger partial charge in [0.15, 0.2) is 5.82 Å². The van der Waals surface area contributed by atoms with Gasteiger partial charge in [-0.3, -0.25) is 0 Å². The lowest BCUT2D eigenvalue weighted by molar-refractivity contribution is 0.550. The fourth-order valence-electron chi connectivity index (χ4n) is 1.01. The van der Waals surface area contributed by atoms with Crippen LogP contribution in [0.15, 0.2) is 28.1 Å². The zero-order valence-corrected chi connectivity index (χ0v) is 10.9. The topological polar surface area (TPSA) is 72.2 Å². The van der Waals surface area contributed by atoms with Gasteiger partial charge >= 0.3 is 0 Å². The molecule has 0 aliphatic heterocycles. The molecular weight excluding hydrogens is 318 g/mol. The first-order valence-corrected chi connectivity index (χ1v) is 6.59. The highest BCUT2D eigenvalue weighted by atomic mass is 79.9. The molecule has 0 fully saturated rings. The Kier molecular flexibility index (Phi) is 4.23. The van der Waals surface area contributed by atoms with Crippen LogP contribution in [0.1, 0.15) is 0 Å². The van der Waals surface area contributed by atoms with Gasteiger partial charge in [-0.25, -0.2) is 21.9 Å². The minimum absolute atomic E-state index is 0.112. The van der Waals surface area contributed by atoms with Gasteiger partial charge in [-0.1, -0.05) is 22.5 Å². The van der Waals surface area contributed by atoms with E-state index >= 15 is 0 Å². The summed E-state index contributed by atoms with van der Waals surface area (Å²) >= 11 is 2.94. The molecule has 4 nitrogen and oxygen atoms in total. The maximum absolute atomic E-state index is 13.5. The summed E-state index contributed by atoms with van der Waals surface area (Å²) < 4.78 is 52.0. The predicted octanol–water partition coefficient (Wildman–Crippen LogP) is 1.73. The highest BCUT2D eigenvalue weighted by Gasteiger charge is 2.22. The van der Waals surface area contributed by atoms with E-state index in [1.165, 1.54) is 0 Å². The molecule has 94 valence electrons. The van der Waals surface area contributed by atoms with Crippen molar-refractivity contribution >= 4 is 31.6 Å². The molecule has 0 heterocycles. The second-order valence-electron chi connectivity index (χ2n) is 3.11. The zero-order chi connectivity index (χ0) is 13.2. The van der Waals surface area contributed by atoms with Gasteiger partial charge in [0, 0.05) is 11.0 Å². The first-order chi connectivity index (χ1) is 7.75. The molecular formula is C9H9BrF2N2O2S. The molecule has 0 unspecified atom stereocenters. The maximum Gasteiger partial charge on any atom is 0.243 e. The summed E-state index contributed by atoms with van der Waals surface area (Å²) in [4.78, 5) is -0.704. The van der Waals surface area contributed by atoms with E-state index < -0.39 is 32.2 Å². The van der Waals surface area contributed by atoms with Crippen LogP contribution in [0.4, 0.5) is 14.5 Å². The minimum Gasteiger partial charge on any atom is -0.394 e. The van der Waals surface area contributed by atoms with E-state index in [-0.39, 0.29) is 6.54 Å². The van der Waals surface area contributed by atoms with E-state index in [1.54, 1.807) is 0 Å². The average Bonchev–Trinajstić information content (AvgIpc) is 2.23. The van der Waals surface area contributed by atoms with E-state index in [9.17, 15) is 17.2 Å². The van der Waals surface area contributed by atoms with Gasteiger partial charge in [0.1, 0.15) is 16.4 Å². The van der Waals surface area contributed by atoms with Crippen molar-refractivity contribution in [3.8, 4) is 0 Å². The summed E-state index contributed by atoms with van der Waals surface area (Å²) in [7, 11) is -4.09. The van der Waals surface area contributed by atoms with Crippen LogP contribution in [0, 0.1) is 11.6 Å². The average molecular weight is 327 g/mol. The molecule has 1 rings (SSSR count). The van der Waals surface area contributed by atoms with Crippen LogP contribution in [-0.2, 0) is 10.0 Å². The van der Waals surface area contributed by atoms with Gasteiger partial charge in [-0.2, -0.15) is 0 Å². The van der Waals surface area contributed by atoms with E-state index in [0.29, 0.717) is 4.48 Å². The number of nitrogens with two attached hydrogens (primary N) is 1. The zero-order valence-electron chi connectivity index (χ0n) is 8.50. The number of rotatable bonds is 4. The molecule has 1 aromatic rings. The van der Waals surface area contributed by atoms with Crippen molar-refractivity contribution in [1.29, 1.82) is 0 Å². The predicted molar refractivity (Wildman–Crippen MR) is 64.0 cm³/mol. The molecule has 0 saturated carbocycles. The molecule has 0 aliphatic rings. The number of sulfonamides is 1. The van der Waals surface area contributed by atoms with Crippen LogP contribution in [0.25, 0.3) is 0 Å². The minimum atomic E-state index is -4.09. The van der Waals surface area contributed by atoms with Gasteiger partial charge in [0.25, 0.3) is 0 Å². The van der Waals surface area contributed by atoms with Crippen LogP contribution in [0.3, 0.4) is 0 Å². The first-order valence-electron chi connectivity index (χ1n) is 4.32. The Bertz CT molecular complexity index is 560. The van der Waals surface area contributed by atoms with Crippen molar-refractivity contribution in [2.45, 2.75) is 4.90 Å². The largest absolute Gasteiger partial charge is 0.394 e. The van der Waals surface area contributed by atoms with Crippen molar-refractivity contribution in [3.05, 3.63) is 34.8 Å². The highest BCUT2D eigenvalue weighted by Crippen LogP contribution is 2.22. The number of hydrogen-bond donors (Lipinski definition) is 2. The lowest BCUT2D eigenvalue weighted by Gasteiger charge is -2.08. The van der Waals surface area contributed by atoms with Crippen LogP contribution in [0.5, 0.6) is 0 Å². The Morgan fingerprint density at radius 3 is 2.59 bits per heavy atom. The molecule has 0 bridgehead atoms. The summed E-state index contributed by atoms with van der Waals surface area (Å²) in [6.45, 7) is 3.31. The Hall–Kier alpha value is -0.990. The smallest absolute Gasteiger partial charge is 0.243 e. The second-order valence-corrected chi connectivity index (χ2v) is 5.97. The van der Waals surface area contributed by atoms with Crippen molar-refractivity contribution in [3.63, 3.8) is 0 Å². The standard InChI is InChI=1S/C9H9BrF2N2O2S/c1-5(10)4-14-17(15,16)7-3-2-6(11)9(13)8(7)12/h2-3,14H,1,4,13H2. The lowest BCUT2D eigenvalue weighted by Crippen LogP contribution is -2.26. The maximum atomic E-state index is 13.5. The summed E-state index contributed by atoms with van der Waals surface area (Å²) in [5.41, 5.74) is 4.24. The van der Waals surface area contributed by atoms with E-state index in [0.717, 1.165) is 12.1 Å². The van der Waals surface area contributed by atoms with E-state index in [4.69, 9.17) is 5.73 Å². The number of nitrogen functional groups attached to an aromatic ring is 1. The molecule has 8 heteroatoms. The molecule has 0 saturated heterocycles. The summed E-state index contributed by atoms with van der Waals surface area (Å²) in [5, 5.41) is 0. The Balaban J connectivity index is 3.16. The lowest BCUT2D eigenvalue weighted by atomic mass is 10.3. The number of halogens is 3. The van der Waals surface area contributed by atoms with Crippen molar-refractivity contribution < 1.29 is 17.2 Å². The molecule has 0 atom stereocenters. The van der Waals surface area contributed by atoms with Crippen LogP contribution >= 0.6 is 15.9 Å². The monoisotopic (exact) mass is 326 g/mol. The van der Waals surface area contributed by atoms with Gasteiger partial charge in [0.05, 0.1) is 0 Å². The van der Waals surface area contributed by atoms with E-state index in [2.05, 4.69) is 27.2 Å². The molecule has 0 spiro atoms. The van der Waals surface area contributed by atoms with Gasteiger partial charge in [-0.15, -0.1) is 0 Å². The quantitative estimate of drug-likeness (QED) is 0.828. The number of anilines is 1. The molecule has 1 aromatic carbocycles. The van der Waals surface area contributed by atoms with Gasteiger partial charge in [0.2, 0.25) is 10.0 Å². The van der Waals surface area contributed by atoms with E-state index in [1.807, 2.05) is 0 Å². The van der Waals surface area contributed by atoms with Crippen molar-refractivity contribution in [2.75, 3.05) is 12.3 Å². The Morgan fingerprint density at radius 1 is 1.47 bits per heavy atom. The van der Waals surface area contributed by atoms with Crippen LogP contribution < -0.4 is 10.5 Å². The van der Waals surface area contributed by atoms with Gasteiger partial charge in [-0.05, 0) is 12.1 Å². The molecule has 0 radical (unpaired) electrons. The summed E-state index contributed by atoms with van der Waals surface area (Å²) in [5.74, 6) is -2.32. The van der Waals surface area contributed by atoms with Crippen molar-refractivity contribution in [2.24, 2.45) is 0 Å². The highest BCUT2D eigenvalue weighted by molar-refractivity contribution is 9.11. The molecule has 3 N–H and O–H groups in total. The van der Waals surface area contributed by atoms with Crippen molar-refractivity contribution in [1.82, 2.24) is 4.72 Å². The fourth-order valence-corrected chi connectivity index (χ4v) is 2.45.